The fourth-order valence-electron chi connectivity index (χ4n) is 2.64. The number of anilines is 1. The molecule has 0 unspecified atom stereocenters. The molecule has 1 fully saturated rings. The molecule has 2 rings (SSSR count). The lowest BCUT2D eigenvalue weighted by atomic mass is 9.96. The largest absolute Gasteiger partial charge is 0.366 e. The number of aromatic nitrogens is 1. The molecule has 1 aliphatic rings. The Balaban J connectivity index is 2.17. The monoisotopic (exact) mass is 258 g/mol. The molecular weight excluding hydrogens is 236 g/mol. The van der Waals surface area contributed by atoms with Crippen LogP contribution in [0.3, 0.4) is 0 Å². The van der Waals surface area contributed by atoms with E-state index in [2.05, 4.69) is 35.1 Å². The van der Waals surface area contributed by atoms with E-state index in [1.165, 1.54) is 12.8 Å². The average Bonchev–Trinajstić information content (AvgIpc) is 2.45. The highest BCUT2D eigenvalue weighted by Crippen LogP contribution is 2.24. The molecule has 0 atom stereocenters. The van der Waals surface area contributed by atoms with Crippen molar-refractivity contribution in [2.45, 2.75) is 32.7 Å². The zero-order valence-electron chi connectivity index (χ0n) is 11.8. The zero-order chi connectivity index (χ0) is 13.7. The maximum atomic E-state index is 9.21. The Labute approximate surface area is 115 Å². The number of nitriles is 1. The fraction of sp³-hybridized carbons (Fsp3) is 0.600. The standard InChI is InChI=1S/C15H22N4/c1-12(2)19(11-13-5-8-17-9-6-13)15-4-3-7-18-14(15)10-16/h3-4,7,12-13,17H,5-6,8-9,11H2,1-2H3. The van der Waals surface area contributed by atoms with Crippen molar-refractivity contribution in [3.8, 4) is 6.07 Å². The second kappa shape index (κ2) is 6.53. The van der Waals surface area contributed by atoms with Gasteiger partial charge in [0.2, 0.25) is 0 Å². The van der Waals surface area contributed by atoms with Gasteiger partial charge in [0, 0.05) is 18.8 Å². The van der Waals surface area contributed by atoms with Crippen LogP contribution in [0.25, 0.3) is 0 Å². The van der Waals surface area contributed by atoms with Crippen LogP contribution in [0.2, 0.25) is 0 Å². The summed E-state index contributed by atoms with van der Waals surface area (Å²) in [6.07, 6.45) is 4.11. The van der Waals surface area contributed by atoms with Gasteiger partial charge in [-0.2, -0.15) is 5.26 Å². The van der Waals surface area contributed by atoms with Gasteiger partial charge in [-0.3, -0.25) is 0 Å². The van der Waals surface area contributed by atoms with Crippen molar-refractivity contribution in [2.75, 3.05) is 24.5 Å². The molecule has 0 radical (unpaired) electrons. The number of nitrogens with zero attached hydrogens (tertiary/aromatic N) is 3. The Morgan fingerprint density at radius 1 is 1.47 bits per heavy atom. The number of hydrogen-bond acceptors (Lipinski definition) is 4. The third-order valence-electron chi connectivity index (χ3n) is 3.74. The maximum absolute atomic E-state index is 9.21. The lowest BCUT2D eigenvalue weighted by Crippen LogP contribution is -2.40. The van der Waals surface area contributed by atoms with Crippen LogP contribution < -0.4 is 10.2 Å². The van der Waals surface area contributed by atoms with Crippen LogP contribution >= 0.6 is 0 Å². The van der Waals surface area contributed by atoms with E-state index in [0.29, 0.717) is 17.7 Å². The van der Waals surface area contributed by atoms with Crippen molar-refractivity contribution in [1.29, 1.82) is 5.26 Å². The highest BCUT2D eigenvalue weighted by atomic mass is 15.2. The summed E-state index contributed by atoms with van der Waals surface area (Å²) >= 11 is 0. The van der Waals surface area contributed by atoms with E-state index in [1.807, 2.05) is 12.1 Å². The molecule has 4 nitrogen and oxygen atoms in total. The van der Waals surface area contributed by atoms with Crippen molar-refractivity contribution in [3.05, 3.63) is 24.0 Å². The molecule has 1 aromatic heterocycles. The number of pyridine rings is 1. The maximum Gasteiger partial charge on any atom is 0.163 e. The fourth-order valence-corrected chi connectivity index (χ4v) is 2.64. The minimum absolute atomic E-state index is 0.381. The summed E-state index contributed by atoms with van der Waals surface area (Å²) in [6, 6.07) is 6.50. The van der Waals surface area contributed by atoms with Crippen molar-refractivity contribution in [1.82, 2.24) is 10.3 Å². The molecule has 0 amide bonds. The number of rotatable bonds is 4. The van der Waals surface area contributed by atoms with E-state index in [0.717, 1.165) is 25.3 Å². The van der Waals surface area contributed by atoms with E-state index in [1.54, 1.807) is 6.20 Å². The Kier molecular flexibility index (Phi) is 4.75. The normalized spacial score (nSPS) is 16.3. The summed E-state index contributed by atoms with van der Waals surface area (Å²) in [5.74, 6) is 0.704. The molecule has 102 valence electrons. The number of piperidine rings is 1. The minimum atomic E-state index is 0.381. The van der Waals surface area contributed by atoms with Gasteiger partial charge >= 0.3 is 0 Å². The summed E-state index contributed by atoms with van der Waals surface area (Å²) in [6.45, 7) is 7.58. The molecule has 4 heteroatoms. The van der Waals surface area contributed by atoms with Crippen LogP contribution in [0.5, 0.6) is 0 Å². The molecule has 1 aromatic rings. The minimum Gasteiger partial charge on any atom is -0.366 e. The first-order valence-corrected chi connectivity index (χ1v) is 7.05. The molecule has 1 N–H and O–H groups in total. The van der Waals surface area contributed by atoms with Gasteiger partial charge in [0.15, 0.2) is 5.69 Å². The van der Waals surface area contributed by atoms with Crippen LogP contribution in [-0.4, -0.2) is 30.7 Å². The predicted octanol–water partition coefficient (Wildman–Crippen LogP) is 2.17. The van der Waals surface area contributed by atoms with Crippen LogP contribution in [0.4, 0.5) is 5.69 Å². The number of nitrogens with one attached hydrogen (secondary N) is 1. The average molecular weight is 258 g/mol. The van der Waals surface area contributed by atoms with E-state index in [4.69, 9.17) is 0 Å². The first-order chi connectivity index (χ1) is 9.22. The van der Waals surface area contributed by atoms with Gasteiger partial charge in [-0.1, -0.05) is 0 Å². The van der Waals surface area contributed by atoms with Gasteiger partial charge in [-0.25, -0.2) is 4.98 Å². The Bertz CT molecular complexity index is 444. The molecule has 0 spiro atoms. The van der Waals surface area contributed by atoms with E-state index in [9.17, 15) is 5.26 Å². The smallest absolute Gasteiger partial charge is 0.163 e. The van der Waals surface area contributed by atoms with Gasteiger partial charge in [0.1, 0.15) is 6.07 Å². The molecule has 19 heavy (non-hydrogen) atoms. The van der Waals surface area contributed by atoms with Gasteiger partial charge in [0.05, 0.1) is 5.69 Å². The van der Waals surface area contributed by atoms with Crippen molar-refractivity contribution < 1.29 is 0 Å². The second-order valence-corrected chi connectivity index (χ2v) is 5.42. The summed E-state index contributed by atoms with van der Waals surface area (Å²) in [4.78, 5) is 6.50. The van der Waals surface area contributed by atoms with Crippen LogP contribution in [0, 0.1) is 17.2 Å². The lowest BCUT2D eigenvalue weighted by molar-refractivity contribution is 0.367. The Morgan fingerprint density at radius 2 is 2.21 bits per heavy atom. The van der Waals surface area contributed by atoms with Gasteiger partial charge in [0.25, 0.3) is 0 Å². The third-order valence-corrected chi connectivity index (χ3v) is 3.74. The van der Waals surface area contributed by atoms with Crippen LogP contribution in [-0.2, 0) is 0 Å². The molecule has 0 saturated carbocycles. The highest BCUT2D eigenvalue weighted by Gasteiger charge is 2.21. The lowest BCUT2D eigenvalue weighted by Gasteiger charge is -2.34. The van der Waals surface area contributed by atoms with E-state index < -0.39 is 0 Å². The van der Waals surface area contributed by atoms with Gasteiger partial charge < -0.3 is 10.2 Å². The van der Waals surface area contributed by atoms with Gasteiger partial charge in [-0.15, -0.1) is 0 Å². The first-order valence-electron chi connectivity index (χ1n) is 7.05. The van der Waals surface area contributed by atoms with Gasteiger partial charge in [-0.05, 0) is 57.8 Å². The van der Waals surface area contributed by atoms with Crippen molar-refractivity contribution in [2.24, 2.45) is 5.92 Å². The second-order valence-electron chi connectivity index (χ2n) is 5.42. The third kappa shape index (κ3) is 3.45. The molecular formula is C15H22N4. The Hall–Kier alpha value is -1.60. The quantitative estimate of drug-likeness (QED) is 0.899. The Morgan fingerprint density at radius 3 is 2.84 bits per heavy atom. The summed E-state index contributed by atoms with van der Waals surface area (Å²) in [7, 11) is 0. The molecule has 0 aliphatic carbocycles. The summed E-state index contributed by atoms with van der Waals surface area (Å²) in [5, 5.41) is 12.6. The molecule has 2 heterocycles. The van der Waals surface area contributed by atoms with Crippen molar-refractivity contribution in [3.63, 3.8) is 0 Å². The molecule has 0 bridgehead atoms. The molecule has 1 saturated heterocycles. The van der Waals surface area contributed by atoms with Crippen LogP contribution in [0.1, 0.15) is 32.4 Å². The SMILES string of the molecule is CC(C)N(CC1CCNCC1)c1cccnc1C#N. The summed E-state index contributed by atoms with van der Waals surface area (Å²) < 4.78 is 0. The predicted molar refractivity (Wildman–Crippen MR) is 77.0 cm³/mol. The van der Waals surface area contributed by atoms with Crippen molar-refractivity contribution >= 4 is 5.69 Å². The highest BCUT2D eigenvalue weighted by molar-refractivity contribution is 5.56. The van der Waals surface area contributed by atoms with E-state index in [-0.39, 0.29) is 0 Å². The zero-order valence-corrected chi connectivity index (χ0v) is 11.8. The first kappa shape index (κ1) is 13.8. The van der Waals surface area contributed by atoms with E-state index >= 15 is 0 Å². The number of hydrogen-bond donors (Lipinski definition) is 1. The molecule has 0 aromatic carbocycles. The van der Waals surface area contributed by atoms with Crippen LogP contribution in [0.15, 0.2) is 18.3 Å². The topological polar surface area (TPSA) is 52.0 Å². The molecule has 1 aliphatic heterocycles. The summed E-state index contributed by atoms with van der Waals surface area (Å²) in [5.41, 5.74) is 1.50.